The van der Waals surface area contributed by atoms with E-state index in [1.165, 1.54) is 0 Å². The molecule has 1 rings (SSSR count). The molecule has 1 unspecified atom stereocenters. The summed E-state index contributed by atoms with van der Waals surface area (Å²) in [4.78, 5) is 0. The van der Waals surface area contributed by atoms with E-state index >= 15 is 0 Å². The number of sulfonamides is 1. The Bertz CT molecular complexity index is 440. The number of benzene rings is 1. The Morgan fingerprint density at radius 2 is 1.95 bits per heavy atom. The minimum Gasteiger partial charge on any atom is -0.385 e. The number of nitrogens with one attached hydrogen (secondary N) is 1. The van der Waals surface area contributed by atoms with Crippen molar-refractivity contribution in [1.29, 1.82) is 0 Å². The highest BCUT2D eigenvalue weighted by Crippen LogP contribution is 2.08. The maximum atomic E-state index is 11.6. The van der Waals surface area contributed by atoms with Gasteiger partial charge in [0.15, 0.2) is 0 Å². The molecule has 0 saturated heterocycles. The summed E-state index contributed by atoms with van der Waals surface area (Å²) in [6, 6.07) is 9.08. The van der Waals surface area contributed by atoms with Crippen molar-refractivity contribution in [1.82, 2.24) is 4.72 Å². The lowest BCUT2D eigenvalue weighted by molar-refractivity contribution is 0.199. The molecule has 0 heterocycles. The Labute approximate surface area is 121 Å². The molecule has 110 valence electrons. The minimum absolute atomic E-state index is 0. The number of rotatable bonds is 8. The molecular formula is C12H21ClN2O3S. The molecule has 0 radical (unpaired) electrons. The van der Waals surface area contributed by atoms with Crippen molar-refractivity contribution in [3.63, 3.8) is 0 Å². The molecule has 1 atom stereocenters. The minimum atomic E-state index is -3.27. The lowest BCUT2D eigenvalue weighted by Crippen LogP contribution is -2.33. The Morgan fingerprint density at radius 3 is 2.53 bits per heavy atom. The van der Waals surface area contributed by atoms with Crippen LogP contribution < -0.4 is 10.5 Å². The van der Waals surface area contributed by atoms with E-state index in [-0.39, 0.29) is 30.7 Å². The fourth-order valence-electron chi connectivity index (χ4n) is 1.50. The third-order valence-corrected chi connectivity index (χ3v) is 3.95. The molecule has 0 aliphatic rings. The average molecular weight is 309 g/mol. The zero-order valence-electron chi connectivity index (χ0n) is 10.9. The average Bonchev–Trinajstić information content (AvgIpc) is 2.37. The molecular weight excluding hydrogens is 288 g/mol. The van der Waals surface area contributed by atoms with Crippen LogP contribution in [0.25, 0.3) is 0 Å². The van der Waals surface area contributed by atoms with E-state index in [0.29, 0.717) is 13.0 Å². The Morgan fingerprint density at radius 1 is 1.32 bits per heavy atom. The van der Waals surface area contributed by atoms with Gasteiger partial charge in [-0.25, -0.2) is 13.1 Å². The second-order valence-electron chi connectivity index (χ2n) is 4.03. The van der Waals surface area contributed by atoms with Gasteiger partial charge in [0.05, 0.1) is 5.75 Å². The normalized spacial score (nSPS) is 12.7. The fourth-order valence-corrected chi connectivity index (χ4v) is 2.58. The summed E-state index contributed by atoms with van der Waals surface area (Å²) < 4.78 is 30.6. The Kier molecular flexibility index (Phi) is 8.95. The standard InChI is InChI=1S/C12H20N2O3S.ClH/c1-17-8-5-9-18(15,16)14-10-12(13)11-6-3-2-4-7-11;/h2-4,6-7,12,14H,5,8-10,13H2,1H3;1H. The topological polar surface area (TPSA) is 81.4 Å². The van der Waals surface area contributed by atoms with Crippen LogP contribution in [0.1, 0.15) is 18.0 Å². The van der Waals surface area contributed by atoms with Gasteiger partial charge in [-0.1, -0.05) is 30.3 Å². The molecule has 3 N–H and O–H groups in total. The predicted molar refractivity (Wildman–Crippen MR) is 78.9 cm³/mol. The summed E-state index contributed by atoms with van der Waals surface area (Å²) in [5, 5.41) is 0. The number of halogens is 1. The van der Waals surface area contributed by atoms with Gasteiger partial charge < -0.3 is 10.5 Å². The maximum Gasteiger partial charge on any atom is 0.211 e. The van der Waals surface area contributed by atoms with Crippen LogP contribution in [-0.4, -0.2) is 34.4 Å². The zero-order chi connectivity index (χ0) is 13.4. The van der Waals surface area contributed by atoms with Crippen LogP contribution in [0, 0.1) is 0 Å². The third kappa shape index (κ3) is 7.49. The molecule has 0 aromatic heterocycles. The van der Waals surface area contributed by atoms with Crippen LogP contribution in [-0.2, 0) is 14.8 Å². The lowest BCUT2D eigenvalue weighted by Gasteiger charge is -2.13. The number of ether oxygens (including phenoxy) is 1. The molecule has 1 aromatic rings. The van der Waals surface area contributed by atoms with Gasteiger partial charge >= 0.3 is 0 Å². The van der Waals surface area contributed by atoms with E-state index in [0.717, 1.165) is 5.56 Å². The molecule has 0 amide bonds. The first-order valence-electron chi connectivity index (χ1n) is 5.82. The predicted octanol–water partition coefficient (Wildman–Crippen LogP) is 1.06. The molecule has 0 aliphatic heterocycles. The van der Waals surface area contributed by atoms with Gasteiger partial charge in [-0.3, -0.25) is 0 Å². The van der Waals surface area contributed by atoms with Crippen molar-refractivity contribution < 1.29 is 13.2 Å². The third-order valence-electron chi connectivity index (χ3n) is 2.51. The van der Waals surface area contributed by atoms with Crippen molar-refractivity contribution in [2.24, 2.45) is 5.73 Å². The van der Waals surface area contributed by atoms with Crippen molar-refractivity contribution in [2.45, 2.75) is 12.5 Å². The van der Waals surface area contributed by atoms with E-state index in [1.807, 2.05) is 30.3 Å². The summed E-state index contributed by atoms with van der Waals surface area (Å²) in [5.74, 6) is 0.0579. The highest BCUT2D eigenvalue weighted by atomic mass is 35.5. The van der Waals surface area contributed by atoms with Crippen LogP contribution in [0.2, 0.25) is 0 Å². The number of hydrogen-bond donors (Lipinski definition) is 2. The molecule has 5 nitrogen and oxygen atoms in total. The zero-order valence-corrected chi connectivity index (χ0v) is 12.5. The molecule has 0 bridgehead atoms. The van der Waals surface area contributed by atoms with Gasteiger partial charge in [0.2, 0.25) is 10.0 Å². The van der Waals surface area contributed by atoms with Crippen LogP contribution in [0.5, 0.6) is 0 Å². The van der Waals surface area contributed by atoms with Gasteiger partial charge in [0.25, 0.3) is 0 Å². The van der Waals surface area contributed by atoms with Crippen molar-refractivity contribution in [3.8, 4) is 0 Å². The summed E-state index contributed by atoms with van der Waals surface area (Å²) in [6.45, 7) is 0.644. The van der Waals surface area contributed by atoms with Gasteiger partial charge in [-0.05, 0) is 12.0 Å². The second-order valence-corrected chi connectivity index (χ2v) is 5.96. The molecule has 19 heavy (non-hydrogen) atoms. The van der Waals surface area contributed by atoms with E-state index in [9.17, 15) is 8.42 Å². The summed E-state index contributed by atoms with van der Waals surface area (Å²) in [6.07, 6.45) is 0.479. The summed E-state index contributed by atoms with van der Waals surface area (Å²) in [7, 11) is -1.72. The molecule has 0 aliphatic carbocycles. The van der Waals surface area contributed by atoms with Crippen LogP contribution >= 0.6 is 12.4 Å². The molecule has 0 saturated carbocycles. The first-order valence-corrected chi connectivity index (χ1v) is 7.47. The van der Waals surface area contributed by atoms with E-state index in [2.05, 4.69) is 4.72 Å². The van der Waals surface area contributed by atoms with Crippen LogP contribution in [0.4, 0.5) is 0 Å². The highest BCUT2D eigenvalue weighted by Gasteiger charge is 2.12. The maximum absolute atomic E-state index is 11.6. The fraction of sp³-hybridized carbons (Fsp3) is 0.500. The van der Waals surface area contributed by atoms with Gasteiger partial charge in [-0.15, -0.1) is 12.4 Å². The van der Waals surface area contributed by atoms with Crippen LogP contribution in [0.15, 0.2) is 30.3 Å². The Hall–Kier alpha value is -0.660. The first kappa shape index (κ1) is 18.3. The van der Waals surface area contributed by atoms with Crippen LogP contribution in [0.3, 0.4) is 0 Å². The monoisotopic (exact) mass is 308 g/mol. The number of hydrogen-bond acceptors (Lipinski definition) is 4. The number of methoxy groups -OCH3 is 1. The van der Waals surface area contributed by atoms with Crippen molar-refractivity contribution in [2.75, 3.05) is 26.0 Å². The molecule has 0 fully saturated rings. The Balaban J connectivity index is 0.00000324. The summed E-state index contributed by atoms with van der Waals surface area (Å²) >= 11 is 0. The smallest absolute Gasteiger partial charge is 0.211 e. The SMILES string of the molecule is COCCCS(=O)(=O)NCC(N)c1ccccc1.Cl. The van der Waals surface area contributed by atoms with Crippen molar-refractivity contribution >= 4 is 22.4 Å². The van der Waals surface area contributed by atoms with Gasteiger partial charge in [0.1, 0.15) is 0 Å². The highest BCUT2D eigenvalue weighted by molar-refractivity contribution is 7.89. The quantitative estimate of drug-likeness (QED) is 0.704. The summed E-state index contributed by atoms with van der Waals surface area (Å²) in [5.41, 5.74) is 6.82. The lowest BCUT2D eigenvalue weighted by atomic mass is 10.1. The molecule has 0 spiro atoms. The largest absolute Gasteiger partial charge is 0.385 e. The first-order chi connectivity index (χ1) is 8.55. The van der Waals surface area contributed by atoms with E-state index in [1.54, 1.807) is 7.11 Å². The van der Waals surface area contributed by atoms with Gasteiger partial charge in [-0.2, -0.15) is 0 Å². The van der Waals surface area contributed by atoms with E-state index in [4.69, 9.17) is 10.5 Å². The van der Waals surface area contributed by atoms with Gasteiger partial charge in [0, 0.05) is 26.3 Å². The molecule has 7 heteroatoms. The van der Waals surface area contributed by atoms with Crippen molar-refractivity contribution in [3.05, 3.63) is 35.9 Å². The molecule has 1 aromatic carbocycles. The van der Waals surface area contributed by atoms with E-state index < -0.39 is 10.0 Å². The number of nitrogens with two attached hydrogens (primary N) is 1. The second kappa shape index (κ2) is 9.28.